The molecule has 0 saturated heterocycles. The molecule has 0 aliphatic heterocycles. The Balaban J connectivity index is 2.22. The van der Waals surface area contributed by atoms with Gasteiger partial charge in [0.15, 0.2) is 0 Å². The predicted octanol–water partition coefficient (Wildman–Crippen LogP) is 3.00. The average molecular weight is 245 g/mol. The zero-order valence-corrected chi connectivity index (χ0v) is 11.0. The fourth-order valence-electron chi connectivity index (χ4n) is 1.99. The molecule has 0 aliphatic carbocycles. The van der Waals surface area contributed by atoms with Gasteiger partial charge in [-0.3, -0.25) is 4.68 Å². The van der Waals surface area contributed by atoms with Crippen LogP contribution in [0.1, 0.15) is 30.6 Å². The van der Waals surface area contributed by atoms with Crippen LogP contribution in [0.15, 0.2) is 30.3 Å². The van der Waals surface area contributed by atoms with E-state index in [2.05, 4.69) is 17.3 Å². The summed E-state index contributed by atoms with van der Waals surface area (Å²) in [5.41, 5.74) is 2.01. The number of nitrogens with zero attached hydrogens (tertiary/aromatic N) is 2. The van der Waals surface area contributed by atoms with Gasteiger partial charge in [-0.2, -0.15) is 5.10 Å². The van der Waals surface area contributed by atoms with Gasteiger partial charge in [0.05, 0.1) is 6.04 Å². The van der Waals surface area contributed by atoms with Crippen molar-refractivity contribution in [1.29, 1.82) is 0 Å². The Morgan fingerprint density at radius 2 is 2.11 bits per heavy atom. The van der Waals surface area contributed by atoms with Crippen molar-refractivity contribution in [3.05, 3.63) is 41.6 Å². The van der Waals surface area contributed by atoms with Gasteiger partial charge in [0.1, 0.15) is 11.6 Å². The van der Waals surface area contributed by atoms with Crippen LogP contribution in [0.5, 0.6) is 5.75 Å². The van der Waals surface area contributed by atoms with Crippen molar-refractivity contribution in [2.75, 3.05) is 5.32 Å². The van der Waals surface area contributed by atoms with Crippen LogP contribution in [0.3, 0.4) is 0 Å². The molecule has 0 radical (unpaired) electrons. The third kappa shape index (κ3) is 2.47. The smallest absolute Gasteiger partial charge is 0.148 e. The summed E-state index contributed by atoms with van der Waals surface area (Å²) in [7, 11) is 1.92. The number of aromatic nitrogens is 2. The maximum atomic E-state index is 9.88. The lowest BCUT2D eigenvalue weighted by molar-refractivity contribution is 0.462. The van der Waals surface area contributed by atoms with E-state index >= 15 is 0 Å². The van der Waals surface area contributed by atoms with Crippen LogP contribution in [0.2, 0.25) is 0 Å². The Labute approximate surface area is 107 Å². The minimum Gasteiger partial charge on any atom is -0.508 e. The van der Waals surface area contributed by atoms with Gasteiger partial charge in [0.25, 0.3) is 0 Å². The number of hydrogen-bond donors (Lipinski definition) is 2. The molecule has 4 nitrogen and oxygen atoms in total. The standard InChI is InChI=1S/C14H19N3O/c1-4-12(11-7-5-6-8-13(11)18)15-14-9-10(2)17(3)16-14/h5-9,12,18H,4H2,1-3H3,(H,15,16). The molecule has 1 atom stereocenters. The van der Waals surface area contributed by atoms with Crippen LogP contribution in [0, 0.1) is 6.92 Å². The van der Waals surface area contributed by atoms with E-state index in [0.29, 0.717) is 5.75 Å². The Kier molecular flexibility index (Phi) is 3.55. The Morgan fingerprint density at radius 1 is 1.39 bits per heavy atom. The van der Waals surface area contributed by atoms with E-state index in [4.69, 9.17) is 0 Å². The third-order valence-corrected chi connectivity index (χ3v) is 3.16. The molecule has 96 valence electrons. The van der Waals surface area contributed by atoms with Crippen molar-refractivity contribution in [3.8, 4) is 5.75 Å². The summed E-state index contributed by atoms with van der Waals surface area (Å²) in [6, 6.07) is 9.48. The van der Waals surface area contributed by atoms with Gasteiger partial charge in [0.2, 0.25) is 0 Å². The molecule has 4 heteroatoms. The highest BCUT2D eigenvalue weighted by atomic mass is 16.3. The zero-order chi connectivity index (χ0) is 13.1. The quantitative estimate of drug-likeness (QED) is 0.870. The molecule has 0 aliphatic rings. The molecule has 1 aromatic heterocycles. The maximum absolute atomic E-state index is 9.88. The number of aromatic hydroxyl groups is 1. The van der Waals surface area contributed by atoms with Crippen molar-refractivity contribution in [2.45, 2.75) is 26.3 Å². The van der Waals surface area contributed by atoms with Gasteiger partial charge in [-0.05, 0) is 19.4 Å². The summed E-state index contributed by atoms with van der Waals surface area (Å²) in [5, 5.41) is 17.6. The van der Waals surface area contributed by atoms with Gasteiger partial charge in [-0.15, -0.1) is 0 Å². The van der Waals surface area contributed by atoms with Crippen molar-refractivity contribution < 1.29 is 5.11 Å². The van der Waals surface area contributed by atoms with E-state index in [1.807, 2.05) is 42.9 Å². The first-order valence-corrected chi connectivity index (χ1v) is 6.17. The minimum absolute atomic E-state index is 0.0699. The van der Waals surface area contributed by atoms with E-state index in [1.165, 1.54) is 0 Å². The van der Waals surface area contributed by atoms with Gasteiger partial charge >= 0.3 is 0 Å². The fourth-order valence-corrected chi connectivity index (χ4v) is 1.99. The molecule has 0 bridgehead atoms. The lowest BCUT2D eigenvalue weighted by atomic mass is 10.0. The zero-order valence-electron chi connectivity index (χ0n) is 11.0. The van der Waals surface area contributed by atoms with E-state index in [9.17, 15) is 5.11 Å². The lowest BCUT2D eigenvalue weighted by Crippen LogP contribution is -2.10. The van der Waals surface area contributed by atoms with Crippen LogP contribution in [-0.2, 0) is 7.05 Å². The van der Waals surface area contributed by atoms with Crippen molar-refractivity contribution in [3.63, 3.8) is 0 Å². The second-order valence-electron chi connectivity index (χ2n) is 4.46. The second kappa shape index (κ2) is 5.12. The molecule has 0 fully saturated rings. The van der Waals surface area contributed by atoms with Crippen LogP contribution in [0.25, 0.3) is 0 Å². The van der Waals surface area contributed by atoms with Crippen molar-refractivity contribution in [2.24, 2.45) is 7.05 Å². The van der Waals surface area contributed by atoms with Crippen LogP contribution in [-0.4, -0.2) is 14.9 Å². The lowest BCUT2D eigenvalue weighted by Gasteiger charge is -2.17. The molecule has 1 unspecified atom stereocenters. The first kappa shape index (κ1) is 12.5. The maximum Gasteiger partial charge on any atom is 0.148 e. The third-order valence-electron chi connectivity index (χ3n) is 3.16. The van der Waals surface area contributed by atoms with Crippen molar-refractivity contribution in [1.82, 2.24) is 9.78 Å². The van der Waals surface area contributed by atoms with Gasteiger partial charge in [-0.1, -0.05) is 25.1 Å². The number of aryl methyl sites for hydroxylation is 2. The highest BCUT2D eigenvalue weighted by Gasteiger charge is 2.14. The molecule has 2 N–H and O–H groups in total. The number of phenolic OH excluding ortho intramolecular Hbond substituents is 1. The highest BCUT2D eigenvalue weighted by Crippen LogP contribution is 2.28. The summed E-state index contributed by atoms with van der Waals surface area (Å²) < 4.78 is 1.83. The Hall–Kier alpha value is -1.97. The van der Waals surface area contributed by atoms with Gasteiger partial charge in [-0.25, -0.2) is 0 Å². The molecule has 18 heavy (non-hydrogen) atoms. The summed E-state index contributed by atoms with van der Waals surface area (Å²) >= 11 is 0. The molecule has 2 aromatic rings. The summed E-state index contributed by atoms with van der Waals surface area (Å²) in [5.74, 6) is 1.16. The highest BCUT2D eigenvalue weighted by molar-refractivity contribution is 5.43. The summed E-state index contributed by atoms with van der Waals surface area (Å²) in [6.45, 7) is 4.10. The predicted molar refractivity (Wildman–Crippen MR) is 72.7 cm³/mol. The van der Waals surface area contributed by atoms with Crippen LogP contribution < -0.4 is 5.32 Å². The monoisotopic (exact) mass is 245 g/mol. The molecule has 0 amide bonds. The number of nitrogens with one attached hydrogen (secondary N) is 1. The van der Waals surface area contributed by atoms with E-state index in [1.54, 1.807) is 6.07 Å². The normalized spacial score (nSPS) is 12.4. The number of hydrogen-bond acceptors (Lipinski definition) is 3. The molecular formula is C14H19N3O. The number of benzene rings is 1. The molecular weight excluding hydrogens is 226 g/mol. The van der Waals surface area contributed by atoms with E-state index in [0.717, 1.165) is 23.5 Å². The molecule has 1 heterocycles. The Morgan fingerprint density at radius 3 is 2.67 bits per heavy atom. The summed E-state index contributed by atoms with van der Waals surface area (Å²) in [4.78, 5) is 0. The summed E-state index contributed by atoms with van der Waals surface area (Å²) in [6.07, 6.45) is 0.882. The first-order valence-electron chi connectivity index (χ1n) is 6.17. The number of anilines is 1. The van der Waals surface area contributed by atoms with Gasteiger partial charge in [0, 0.05) is 24.4 Å². The second-order valence-corrected chi connectivity index (χ2v) is 4.46. The number of rotatable bonds is 4. The van der Waals surface area contributed by atoms with E-state index < -0.39 is 0 Å². The fraction of sp³-hybridized carbons (Fsp3) is 0.357. The number of phenols is 1. The Bertz CT molecular complexity index is 514. The molecule has 2 rings (SSSR count). The minimum atomic E-state index is 0.0699. The largest absolute Gasteiger partial charge is 0.508 e. The van der Waals surface area contributed by atoms with Gasteiger partial charge < -0.3 is 10.4 Å². The van der Waals surface area contributed by atoms with Crippen LogP contribution in [0.4, 0.5) is 5.82 Å². The van der Waals surface area contributed by atoms with Crippen molar-refractivity contribution >= 4 is 5.82 Å². The van der Waals surface area contributed by atoms with Crippen LogP contribution >= 0.6 is 0 Å². The molecule has 0 spiro atoms. The molecule has 0 saturated carbocycles. The first-order chi connectivity index (χ1) is 8.61. The van der Waals surface area contributed by atoms with E-state index in [-0.39, 0.29) is 6.04 Å². The number of para-hydroxylation sites is 1. The topological polar surface area (TPSA) is 50.1 Å². The SMILES string of the molecule is CCC(Nc1cc(C)n(C)n1)c1ccccc1O. The average Bonchev–Trinajstić information content (AvgIpc) is 2.66. The molecule has 1 aromatic carbocycles.